The second kappa shape index (κ2) is 7.24. The monoisotopic (exact) mass is 324 g/mol. The predicted molar refractivity (Wildman–Crippen MR) is 84.4 cm³/mol. The molecule has 2 aromatic rings. The Morgan fingerprint density at radius 3 is 2.86 bits per heavy atom. The number of nitrogens with zero attached hydrogens (tertiary/aromatic N) is 2. The van der Waals surface area contributed by atoms with Gasteiger partial charge in [0.1, 0.15) is 5.69 Å². The van der Waals surface area contributed by atoms with Gasteiger partial charge in [-0.25, -0.2) is 9.97 Å². The third kappa shape index (κ3) is 4.31. The SMILES string of the molecule is CCCNC(=O)c1ccnc(Nc2cc(Cl)ccc2Cl)n1. The molecule has 1 heterocycles. The largest absolute Gasteiger partial charge is 0.351 e. The number of halogens is 2. The Labute approximate surface area is 132 Å². The molecule has 0 saturated heterocycles. The van der Waals surface area contributed by atoms with E-state index in [-0.39, 0.29) is 11.9 Å². The smallest absolute Gasteiger partial charge is 0.270 e. The average molecular weight is 325 g/mol. The summed E-state index contributed by atoms with van der Waals surface area (Å²) in [7, 11) is 0. The second-order valence-corrected chi connectivity index (χ2v) is 5.11. The van der Waals surface area contributed by atoms with Crippen molar-refractivity contribution >= 4 is 40.7 Å². The zero-order valence-electron chi connectivity index (χ0n) is 11.4. The Morgan fingerprint density at radius 1 is 1.29 bits per heavy atom. The Morgan fingerprint density at radius 2 is 2.10 bits per heavy atom. The molecule has 0 fully saturated rings. The molecule has 1 amide bonds. The van der Waals surface area contributed by atoms with Crippen LogP contribution in [0.25, 0.3) is 0 Å². The van der Waals surface area contributed by atoms with Crippen LogP contribution in [0.5, 0.6) is 0 Å². The van der Waals surface area contributed by atoms with E-state index < -0.39 is 0 Å². The minimum absolute atomic E-state index is 0.237. The number of hydrogen-bond donors (Lipinski definition) is 2. The molecule has 1 aromatic heterocycles. The topological polar surface area (TPSA) is 66.9 Å². The van der Waals surface area contributed by atoms with Crippen molar-refractivity contribution in [2.75, 3.05) is 11.9 Å². The summed E-state index contributed by atoms with van der Waals surface area (Å²) in [6.07, 6.45) is 2.37. The van der Waals surface area contributed by atoms with Gasteiger partial charge in [0, 0.05) is 17.8 Å². The quantitative estimate of drug-likeness (QED) is 0.880. The van der Waals surface area contributed by atoms with Gasteiger partial charge in [-0.3, -0.25) is 4.79 Å². The first kappa shape index (κ1) is 15.5. The highest BCUT2D eigenvalue weighted by Gasteiger charge is 2.09. The molecular weight excluding hydrogens is 311 g/mol. The van der Waals surface area contributed by atoms with Gasteiger partial charge in [-0.1, -0.05) is 30.1 Å². The third-order valence-corrected chi connectivity index (χ3v) is 3.16. The standard InChI is InChI=1S/C14H14Cl2N4O/c1-2-6-17-13(21)11-5-7-18-14(19-11)20-12-8-9(15)3-4-10(12)16/h3-5,7-8H,2,6H2,1H3,(H,17,21)(H,18,19,20). The lowest BCUT2D eigenvalue weighted by Gasteiger charge is -2.08. The number of benzene rings is 1. The minimum atomic E-state index is -0.237. The van der Waals surface area contributed by atoms with E-state index in [9.17, 15) is 4.79 Å². The van der Waals surface area contributed by atoms with Gasteiger partial charge in [-0.2, -0.15) is 0 Å². The summed E-state index contributed by atoms with van der Waals surface area (Å²) in [5.41, 5.74) is 0.870. The molecule has 0 saturated carbocycles. The highest BCUT2D eigenvalue weighted by molar-refractivity contribution is 6.35. The molecule has 0 aliphatic heterocycles. The number of nitrogens with one attached hydrogen (secondary N) is 2. The van der Waals surface area contributed by atoms with Crippen LogP contribution in [0.1, 0.15) is 23.8 Å². The second-order valence-electron chi connectivity index (χ2n) is 4.27. The summed E-state index contributed by atoms with van der Waals surface area (Å²) in [5.74, 6) is 0.0443. The lowest BCUT2D eigenvalue weighted by molar-refractivity contribution is 0.0948. The fourth-order valence-electron chi connectivity index (χ4n) is 1.59. The molecule has 0 radical (unpaired) electrons. The van der Waals surface area contributed by atoms with Gasteiger partial charge in [0.25, 0.3) is 5.91 Å². The maximum atomic E-state index is 11.9. The molecule has 0 unspecified atom stereocenters. The number of hydrogen-bond acceptors (Lipinski definition) is 4. The third-order valence-electron chi connectivity index (χ3n) is 2.60. The van der Waals surface area contributed by atoms with Crippen LogP contribution in [-0.2, 0) is 0 Å². The molecule has 7 heteroatoms. The number of carbonyl (C=O) groups is 1. The molecule has 0 aliphatic rings. The molecule has 2 rings (SSSR count). The van der Waals surface area contributed by atoms with Crippen molar-refractivity contribution < 1.29 is 4.79 Å². The number of amides is 1. The van der Waals surface area contributed by atoms with Crippen LogP contribution in [0.3, 0.4) is 0 Å². The summed E-state index contributed by atoms with van der Waals surface area (Å²) < 4.78 is 0. The van der Waals surface area contributed by atoms with Crippen LogP contribution in [0, 0.1) is 0 Å². The normalized spacial score (nSPS) is 10.2. The fourth-order valence-corrected chi connectivity index (χ4v) is 1.93. The zero-order chi connectivity index (χ0) is 15.2. The molecule has 0 bridgehead atoms. The van der Waals surface area contributed by atoms with Crippen molar-refractivity contribution in [3.05, 3.63) is 46.2 Å². The Balaban J connectivity index is 2.17. The van der Waals surface area contributed by atoms with Gasteiger partial charge in [0.2, 0.25) is 5.95 Å². The van der Waals surface area contributed by atoms with E-state index in [0.29, 0.717) is 28.0 Å². The average Bonchev–Trinajstić information content (AvgIpc) is 2.49. The van der Waals surface area contributed by atoms with Crippen LogP contribution >= 0.6 is 23.2 Å². The lowest BCUT2D eigenvalue weighted by atomic mass is 10.3. The van der Waals surface area contributed by atoms with E-state index in [0.717, 1.165) is 6.42 Å². The molecule has 21 heavy (non-hydrogen) atoms. The van der Waals surface area contributed by atoms with Crippen molar-refractivity contribution in [2.45, 2.75) is 13.3 Å². The van der Waals surface area contributed by atoms with E-state index in [1.54, 1.807) is 24.3 Å². The summed E-state index contributed by atoms with van der Waals surface area (Å²) in [6.45, 7) is 2.58. The summed E-state index contributed by atoms with van der Waals surface area (Å²) >= 11 is 12.0. The maximum absolute atomic E-state index is 11.9. The molecule has 0 spiro atoms. The van der Waals surface area contributed by atoms with E-state index in [2.05, 4.69) is 20.6 Å². The predicted octanol–water partition coefficient (Wildman–Crippen LogP) is 3.67. The number of aromatic nitrogens is 2. The van der Waals surface area contributed by atoms with Crippen LogP contribution in [0.4, 0.5) is 11.6 Å². The zero-order valence-corrected chi connectivity index (χ0v) is 12.9. The van der Waals surface area contributed by atoms with Crippen molar-refractivity contribution in [2.24, 2.45) is 0 Å². The van der Waals surface area contributed by atoms with Crippen molar-refractivity contribution in [1.82, 2.24) is 15.3 Å². The molecule has 5 nitrogen and oxygen atoms in total. The fraction of sp³-hybridized carbons (Fsp3) is 0.214. The van der Waals surface area contributed by atoms with Gasteiger partial charge in [0.05, 0.1) is 10.7 Å². The maximum Gasteiger partial charge on any atom is 0.270 e. The van der Waals surface area contributed by atoms with E-state index >= 15 is 0 Å². The number of carbonyl (C=O) groups excluding carboxylic acids is 1. The first-order valence-corrected chi connectivity index (χ1v) is 7.19. The summed E-state index contributed by atoms with van der Waals surface area (Å²) in [5, 5.41) is 6.73. The van der Waals surface area contributed by atoms with Crippen LogP contribution < -0.4 is 10.6 Å². The van der Waals surface area contributed by atoms with E-state index in [1.165, 1.54) is 6.20 Å². The van der Waals surface area contributed by atoms with Gasteiger partial charge >= 0.3 is 0 Å². The lowest BCUT2D eigenvalue weighted by Crippen LogP contribution is -2.25. The van der Waals surface area contributed by atoms with Gasteiger partial charge in [0.15, 0.2) is 0 Å². The van der Waals surface area contributed by atoms with Crippen LogP contribution in [-0.4, -0.2) is 22.4 Å². The van der Waals surface area contributed by atoms with Crippen LogP contribution in [0.2, 0.25) is 10.0 Å². The van der Waals surface area contributed by atoms with Crippen molar-refractivity contribution in [3.63, 3.8) is 0 Å². The Hall–Kier alpha value is -1.85. The van der Waals surface area contributed by atoms with Crippen LogP contribution in [0.15, 0.2) is 30.5 Å². The van der Waals surface area contributed by atoms with E-state index in [4.69, 9.17) is 23.2 Å². The molecule has 0 aliphatic carbocycles. The Bertz CT molecular complexity index is 649. The first-order chi connectivity index (χ1) is 10.1. The molecule has 2 N–H and O–H groups in total. The number of rotatable bonds is 5. The molecular formula is C14H14Cl2N4O. The first-order valence-electron chi connectivity index (χ1n) is 6.43. The number of anilines is 2. The Kier molecular flexibility index (Phi) is 5.36. The minimum Gasteiger partial charge on any atom is -0.351 e. The van der Waals surface area contributed by atoms with Crippen molar-refractivity contribution in [3.8, 4) is 0 Å². The molecule has 1 aromatic carbocycles. The van der Waals surface area contributed by atoms with Gasteiger partial charge in [-0.15, -0.1) is 0 Å². The van der Waals surface area contributed by atoms with Crippen molar-refractivity contribution in [1.29, 1.82) is 0 Å². The highest BCUT2D eigenvalue weighted by Crippen LogP contribution is 2.27. The highest BCUT2D eigenvalue weighted by atomic mass is 35.5. The summed E-state index contributed by atoms with van der Waals surface area (Å²) in [4.78, 5) is 20.1. The molecule has 110 valence electrons. The van der Waals surface area contributed by atoms with Gasteiger partial charge < -0.3 is 10.6 Å². The van der Waals surface area contributed by atoms with Gasteiger partial charge in [-0.05, 0) is 30.7 Å². The summed E-state index contributed by atoms with van der Waals surface area (Å²) in [6, 6.07) is 6.57. The van der Waals surface area contributed by atoms with E-state index in [1.807, 2.05) is 6.92 Å². The molecule has 0 atom stereocenters.